The van der Waals surface area contributed by atoms with Crippen molar-refractivity contribution in [2.75, 3.05) is 43.3 Å². The Hall–Kier alpha value is -2.90. The fourth-order valence-corrected chi connectivity index (χ4v) is 2.26. The maximum Gasteiger partial charge on any atom is 0.319 e. The van der Waals surface area contributed by atoms with Crippen LogP contribution in [0.5, 0.6) is 0 Å². The number of hydrogen-bond acceptors (Lipinski definition) is 6. The van der Waals surface area contributed by atoms with Crippen LogP contribution >= 0.6 is 0 Å². The monoisotopic (exact) mass is 343 g/mol. The topological polar surface area (TPSA) is 86.3 Å². The lowest BCUT2D eigenvalue weighted by atomic mass is 10.1. The van der Waals surface area contributed by atoms with Crippen molar-refractivity contribution in [2.24, 2.45) is 0 Å². The van der Waals surface area contributed by atoms with E-state index in [-0.39, 0.29) is 12.6 Å². The molecule has 25 heavy (non-hydrogen) atoms. The van der Waals surface area contributed by atoms with Gasteiger partial charge in [-0.25, -0.2) is 4.79 Å². The van der Waals surface area contributed by atoms with Crippen molar-refractivity contribution in [2.45, 2.75) is 20.4 Å². The molecule has 134 valence electrons. The van der Waals surface area contributed by atoms with Gasteiger partial charge >= 0.3 is 6.03 Å². The number of carbonyl (C=O) groups excluding carboxylic acids is 1. The molecule has 0 aliphatic heterocycles. The molecule has 0 bridgehead atoms. The van der Waals surface area contributed by atoms with Crippen LogP contribution in [0.4, 0.5) is 22.4 Å². The van der Waals surface area contributed by atoms with Crippen molar-refractivity contribution in [3.05, 3.63) is 35.2 Å². The van der Waals surface area contributed by atoms with Gasteiger partial charge in [0, 0.05) is 33.9 Å². The van der Waals surface area contributed by atoms with Gasteiger partial charge in [0.2, 0.25) is 11.9 Å². The Balaban J connectivity index is 2.05. The van der Waals surface area contributed by atoms with Gasteiger partial charge in [-0.1, -0.05) is 6.07 Å². The highest BCUT2D eigenvalue weighted by molar-refractivity contribution is 5.89. The molecule has 2 N–H and O–H groups in total. The number of aryl methyl sites for hydroxylation is 2. The van der Waals surface area contributed by atoms with Crippen molar-refractivity contribution in [1.29, 1.82) is 0 Å². The van der Waals surface area contributed by atoms with Gasteiger partial charge in [-0.3, -0.25) is 0 Å². The van der Waals surface area contributed by atoms with E-state index in [1.165, 1.54) is 0 Å². The summed E-state index contributed by atoms with van der Waals surface area (Å²) in [5, 5.41) is 5.61. The molecular formula is C17H25N7O. The second-order valence-electron chi connectivity index (χ2n) is 6.32. The summed E-state index contributed by atoms with van der Waals surface area (Å²) in [5.74, 6) is 1.59. The van der Waals surface area contributed by atoms with E-state index in [1.54, 1.807) is 9.80 Å². The van der Waals surface area contributed by atoms with Crippen LogP contribution < -0.4 is 20.4 Å². The quantitative estimate of drug-likeness (QED) is 0.863. The number of aromatic nitrogens is 3. The molecule has 0 atom stereocenters. The van der Waals surface area contributed by atoms with Crippen LogP contribution in [0.2, 0.25) is 0 Å². The van der Waals surface area contributed by atoms with Crippen molar-refractivity contribution in [1.82, 2.24) is 20.3 Å². The Labute approximate surface area is 148 Å². The molecule has 1 aromatic heterocycles. The Bertz CT molecular complexity index is 712. The number of nitrogens with zero attached hydrogens (tertiary/aromatic N) is 5. The predicted octanol–water partition coefficient (Wildman–Crippen LogP) is 1.94. The number of amides is 2. The molecule has 1 aromatic carbocycles. The Kier molecular flexibility index (Phi) is 5.74. The number of benzene rings is 1. The van der Waals surface area contributed by atoms with Gasteiger partial charge in [-0.15, -0.1) is 0 Å². The number of anilines is 3. The molecule has 2 amide bonds. The minimum Gasteiger partial charge on any atom is -0.347 e. The van der Waals surface area contributed by atoms with Crippen LogP contribution in [-0.4, -0.2) is 49.2 Å². The van der Waals surface area contributed by atoms with Crippen molar-refractivity contribution >= 4 is 23.6 Å². The third kappa shape index (κ3) is 5.30. The van der Waals surface area contributed by atoms with Crippen LogP contribution in [0, 0.1) is 13.8 Å². The van der Waals surface area contributed by atoms with E-state index in [9.17, 15) is 4.79 Å². The van der Waals surface area contributed by atoms with Crippen LogP contribution in [0.25, 0.3) is 0 Å². The van der Waals surface area contributed by atoms with Crippen molar-refractivity contribution in [3.8, 4) is 0 Å². The van der Waals surface area contributed by atoms with Crippen LogP contribution in [0.3, 0.4) is 0 Å². The van der Waals surface area contributed by atoms with Gasteiger partial charge in [0.15, 0.2) is 5.82 Å². The second-order valence-corrected chi connectivity index (χ2v) is 6.32. The summed E-state index contributed by atoms with van der Waals surface area (Å²) in [6.45, 7) is 4.19. The molecule has 0 radical (unpaired) electrons. The third-order valence-corrected chi connectivity index (χ3v) is 3.34. The number of rotatable bonds is 5. The van der Waals surface area contributed by atoms with Gasteiger partial charge in [0.25, 0.3) is 0 Å². The molecule has 0 aliphatic rings. The number of carbonyl (C=O) groups is 1. The van der Waals surface area contributed by atoms with Crippen LogP contribution in [-0.2, 0) is 6.54 Å². The first-order valence-corrected chi connectivity index (χ1v) is 7.97. The molecule has 1 heterocycles. The SMILES string of the molecule is Cc1cc(C)cc(NC(=O)NCc2nc(N(C)C)nc(N(C)C)n2)c1. The molecule has 0 saturated carbocycles. The van der Waals surface area contributed by atoms with Gasteiger partial charge < -0.3 is 20.4 Å². The zero-order valence-electron chi connectivity index (χ0n) is 15.6. The predicted molar refractivity (Wildman–Crippen MR) is 100 cm³/mol. The molecule has 0 saturated heterocycles. The zero-order valence-corrected chi connectivity index (χ0v) is 15.6. The first-order valence-electron chi connectivity index (χ1n) is 7.97. The standard InChI is InChI=1S/C17H25N7O/c1-11-7-12(2)9-13(8-11)19-17(25)18-10-14-20-15(23(3)4)22-16(21-14)24(5)6/h7-9H,10H2,1-6H3,(H2,18,19,25). The molecule has 2 rings (SSSR count). The summed E-state index contributed by atoms with van der Waals surface area (Å²) in [7, 11) is 7.44. The summed E-state index contributed by atoms with van der Waals surface area (Å²) in [4.78, 5) is 28.8. The lowest BCUT2D eigenvalue weighted by Gasteiger charge is -2.16. The van der Waals surface area contributed by atoms with E-state index < -0.39 is 0 Å². The third-order valence-electron chi connectivity index (χ3n) is 3.34. The minimum atomic E-state index is -0.303. The highest BCUT2D eigenvalue weighted by atomic mass is 16.2. The summed E-state index contributed by atoms with van der Waals surface area (Å²) in [5.41, 5.74) is 2.95. The summed E-state index contributed by atoms with van der Waals surface area (Å²) < 4.78 is 0. The zero-order chi connectivity index (χ0) is 18.6. The molecule has 2 aromatic rings. The maximum atomic E-state index is 12.1. The normalized spacial score (nSPS) is 10.3. The van der Waals surface area contributed by atoms with E-state index in [0.717, 1.165) is 16.8 Å². The molecule has 0 unspecified atom stereocenters. The lowest BCUT2D eigenvalue weighted by Crippen LogP contribution is -2.30. The van der Waals surface area contributed by atoms with E-state index in [2.05, 4.69) is 31.7 Å². The van der Waals surface area contributed by atoms with Gasteiger partial charge in [-0.05, 0) is 37.1 Å². The van der Waals surface area contributed by atoms with Crippen LogP contribution in [0.1, 0.15) is 17.0 Å². The van der Waals surface area contributed by atoms with Crippen molar-refractivity contribution < 1.29 is 4.79 Å². The molecule has 8 nitrogen and oxygen atoms in total. The average Bonchev–Trinajstić information content (AvgIpc) is 2.51. The smallest absolute Gasteiger partial charge is 0.319 e. The summed E-state index contributed by atoms with van der Waals surface area (Å²) in [6, 6.07) is 5.59. The number of nitrogens with one attached hydrogen (secondary N) is 2. The van der Waals surface area contributed by atoms with Gasteiger partial charge in [0.1, 0.15) is 0 Å². The molecule has 0 spiro atoms. The lowest BCUT2D eigenvalue weighted by molar-refractivity contribution is 0.251. The second kappa shape index (κ2) is 7.78. The highest BCUT2D eigenvalue weighted by Gasteiger charge is 2.11. The highest BCUT2D eigenvalue weighted by Crippen LogP contribution is 2.14. The Morgan fingerprint density at radius 1 is 0.920 bits per heavy atom. The molecule has 0 fully saturated rings. The Morgan fingerprint density at radius 3 is 1.92 bits per heavy atom. The summed E-state index contributed by atoms with van der Waals surface area (Å²) >= 11 is 0. The van der Waals surface area contributed by atoms with Gasteiger partial charge in [0.05, 0.1) is 6.54 Å². The fourth-order valence-electron chi connectivity index (χ4n) is 2.26. The Morgan fingerprint density at radius 2 is 1.44 bits per heavy atom. The molecular weight excluding hydrogens is 318 g/mol. The fraction of sp³-hybridized carbons (Fsp3) is 0.412. The molecule has 8 heteroatoms. The number of urea groups is 1. The maximum absolute atomic E-state index is 12.1. The summed E-state index contributed by atoms with van der Waals surface area (Å²) in [6.07, 6.45) is 0. The van der Waals surface area contributed by atoms with E-state index in [4.69, 9.17) is 0 Å². The van der Waals surface area contributed by atoms with E-state index >= 15 is 0 Å². The first kappa shape index (κ1) is 18.4. The average molecular weight is 343 g/mol. The van der Waals surface area contributed by atoms with Crippen molar-refractivity contribution in [3.63, 3.8) is 0 Å². The minimum absolute atomic E-state index is 0.209. The van der Waals surface area contributed by atoms with Gasteiger partial charge in [-0.2, -0.15) is 15.0 Å². The number of hydrogen-bond donors (Lipinski definition) is 2. The first-order chi connectivity index (χ1) is 11.7. The van der Waals surface area contributed by atoms with Crippen LogP contribution in [0.15, 0.2) is 18.2 Å². The van der Waals surface area contributed by atoms with E-state index in [1.807, 2.05) is 54.2 Å². The largest absolute Gasteiger partial charge is 0.347 e. The van der Waals surface area contributed by atoms with E-state index in [0.29, 0.717) is 17.7 Å². The molecule has 0 aliphatic carbocycles.